The minimum atomic E-state index is -3.61. The van der Waals surface area contributed by atoms with Gasteiger partial charge in [0.05, 0.1) is 11.4 Å². The molecule has 24 heavy (non-hydrogen) atoms. The predicted octanol–water partition coefficient (Wildman–Crippen LogP) is 2.37. The number of rotatable bonds is 4. The van der Waals surface area contributed by atoms with Crippen molar-refractivity contribution in [3.8, 4) is 0 Å². The quantitative estimate of drug-likeness (QED) is 0.788. The number of nitrogens with one attached hydrogen (secondary N) is 1. The predicted molar refractivity (Wildman–Crippen MR) is 93.2 cm³/mol. The summed E-state index contributed by atoms with van der Waals surface area (Å²) in [6.07, 6.45) is 1.69. The molecule has 2 heterocycles. The lowest BCUT2D eigenvalue weighted by atomic mass is 10.1. The zero-order valence-corrected chi connectivity index (χ0v) is 15.0. The molecule has 2 aromatic heterocycles. The van der Waals surface area contributed by atoms with Crippen LogP contribution in [0.15, 0.2) is 35.4 Å². The first kappa shape index (κ1) is 16.6. The number of benzene rings is 1. The second kappa shape index (κ2) is 5.99. The summed E-state index contributed by atoms with van der Waals surface area (Å²) >= 11 is 0. The minimum absolute atomic E-state index is 0.113. The molecule has 0 saturated carbocycles. The highest BCUT2D eigenvalue weighted by molar-refractivity contribution is 7.89. The summed E-state index contributed by atoms with van der Waals surface area (Å²) in [5, 5.41) is 0. The normalized spacial score (nSPS) is 12.0. The van der Waals surface area contributed by atoms with Crippen molar-refractivity contribution in [3.05, 3.63) is 53.0 Å². The molecule has 126 valence electrons. The van der Waals surface area contributed by atoms with Crippen molar-refractivity contribution in [3.63, 3.8) is 0 Å². The molecule has 3 rings (SSSR count). The fourth-order valence-corrected chi connectivity index (χ4v) is 3.98. The molecular weight excluding hydrogens is 324 g/mol. The van der Waals surface area contributed by atoms with Crippen LogP contribution in [0.2, 0.25) is 0 Å². The van der Waals surface area contributed by atoms with E-state index in [1.54, 1.807) is 23.8 Å². The van der Waals surface area contributed by atoms with Gasteiger partial charge in [-0.15, -0.1) is 0 Å². The topological polar surface area (TPSA) is 76.9 Å². The number of hydrogen-bond acceptors (Lipinski definition) is 4. The second-order valence-corrected chi connectivity index (χ2v) is 7.70. The summed E-state index contributed by atoms with van der Waals surface area (Å²) in [5.41, 5.74) is 4.24. The van der Waals surface area contributed by atoms with Crippen LogP contribution in [-0.2, 0) is 23.6 Å². The van der Waals surface area contributed by atoms with Gasteiger partial charge in [-0.3, -0.25) is 0 Å². The monoisotopic (exact) mass is 344 g/mol. The van der Waals surface area contributed by atoms with E-state index in [9.17, 15) is 8.42 Å². The first-order valence-electron chi connectivity index (χ1n) is 7.63. The van der Waals surface area contributed by atoms with E-state index in [0.717, 1.165) is 27.9 Å². The van der Waals surface area contributed by atoms with E-state index in [2.05, 4.69) is 14.7 Å². The molecule has 0 saturated heterocycles. The molecule has 6 nitrogen and oxygen atoms in total. The van der Waals surface area contributed by atoms with Gasteiger partial charge in [-0.2, -0.15) is 0 Å². The van der Waals surface area contributed by atoms with Crippen LogP contribution in [0.3, 0.4) is 0 Å². The Hall–Kier alpha value is -2.25. The molecule has 0 aliphatic rings. The third kappa shape index (κ3) is 2.92. The highest BCUT2D eigenvalue weighted by Gasteiger charge is 2.19. The Morgan fingerprint density at radius 2 is 1.83 bits per heavy atom. The van der Waals surface area contributed by atoms with E-state index in [1.807, 2.05) is 39.1 Å². The average Bonchev–Trinajstić information content (AvgIpc) is 2.86. The summed E-state index contributed by atoms with van der Waals surface area (Å²) in [4.78, 5) is 9.01. The van der Waals surface area contributed by atoms with Crippen molar-refractivity contribution >= 4 is 21.2 Å². The molecule has 3 aromatic rings. The summed E-state index contributed by atoms with van der Waals surface area (Å²) < 4.78 is 29.7. The molecule has 0 fully saturated rings. The summed E-state index contributed by atoms with van der Waals surface area (Å²) in [6, 6.07) is 7.27. The van der Waals surface area contributed by atoms with Crippen LogP contribution in [0.5, 0.6) is 0 Å². The van der Waals surface area contributed by atoms with Crippen molar-refractivity contribution in [2.24, 2.45) is 7.05 Å². The summed E-state index contributed by atoms with van der Waals surface area (Å²) in [7, 11) is -1.78. The number of aromatic nitrogens is 3. The number of nitrogens with zero attached hydrogens (tertiary/aromatic N) is 3. The van der Waals surface area contributed by atoms with E-state index in [4.69, 9.17) is 0 Å². The van der Waals surface area contributed by atoms with Crippen molar-refractivity contribution in [1.82, 2.24) is 19.3 Å². The smallest absolute Gasteiger partial charge is 0.241 e. The van der Waals surface area contributed by atoms with Gasteiger partial charge in [0.2, 0.25) is 10.0 Å². The van der Waals surface area contributed by atoms with Crippen molar-refractivity contribution < 1.29 is 8.42 Å². The van der Waals surface area contributed by atoms with E-state index in [0.29, 0.717) is 10.7 Å². The molecule has 0 radical (unpaired) electrons. The van der Waals surface area contributed by atoms with Crippen LogP contribution in [0.4, 0.5) is 0 Å². The van der Waals surface area contributed by atoms with Gasteiger partial charge in [0.25, 0.3) is 0 Å². The van der Waals surface area contributed by atoms with Crippen LogP contribution >= 0.6 is 0 Å². The molecule has 0 aliphatic heterocycles. The Morgan fingerprint density at radius 3 is 2.54 bits per heavy atom. The van der Waals surface area contributed by atoms with Crippen LogP contribution < -0.4 is 4.72 Å². The van der Waals surface area contributed by atoms with Crippen LogP contribution in [-0.4, -0.2) is 23.0 Å². The highest BCUT2D eigenvalue weighted by atomic mass is 32.2. The number of imidazole rings is 1. The van der Waals surface area contributed by atoms with Crippen LogP contribution in [0.25, 0.3) is 11.2 Å². The number of fused-ring (bicyclic) bond motifs is 1. The van der Waals surface area contributed by atoms with Crippen LogP contribution in [0.1, 0.15) is 22.5 Å². The lowest BCUT2D eigenvalue weighted by molar-refractivity contribution is 0.577. The average molecular weight is 344 g/mol. The molecule has 1 aromatic carbocycles. The van der Waals surface area contributed by atoms with E-state index in [1.165, 1.54) is 0 Å². The lowest BCUT2D eigenvalue weighted by Gasteiger charge is -2.11. The third-order valence-electron chi connectivity index (χ3n) is 4.22. The van der Waals surface area contributed by atoms with Gasteiger partial charge in [0, 0.05) is 13.2 Å². The minimum Gasteiger partial charge on any atom is -0.315 e. The summed E-state index contributed by atoms with van der Waals surface area (Å²) in [5.74, 6) is 0.619. The number of pyridine rings is 1. The van der Waals surface area contributed by atoms with Gasteiger partial charge in [0.1, 0.15) is 11.3 Å². The number of hydrogen-bond donors (Lipinski definition) is 1. The molecule has 7 heteroatoms. The maximum absolute atomic E-state index is 12.7. The first-order valence-corrected chi connectivity index (χ1v) is 9.12. The Balaban J connectivity index is 1.90. The van der Waals surface area contributed by atoms with Gasteiger partial charge in [-0.05, 0) is 55.7 Å². The van der Waals surface area contributed by atoms with E-state index in [-0.39, 0.29) is 6.54 Å². The Morgan fingerprint density at radius 1 is 1.12 bits per heavy atom. The SMILES string of the molecule is Cc1cc(C)c(S(=O)(=O)NCc2nc3cccnc3n2C)cc1C. The summed E-state index contributed by atoms with van der Waals surface area (Å²) in [6.45, 7) is 5.80. The third-order valence-corrected chi connectivity index (χ3v) is 5.76. The van der Waals surface area contributed by atoms with Gasteiger partial charge in [-0.1, -0.05) is 6.07 Å². The van der Waals surface area contributed by atoms with Crippen molar-refractivity contribution in [1.29, 1.82) is 0 Å². The van der Waals surface area contributed by atoms with Gasteiger partial charge >= 0.3 is 0 Å². The maximum Gasteiger partial charge on any atom is 0.241 e. The maximum atomic E-state index is 12.7. The van der Waals surface area contributed by atoms with Crippen molar-refractivity contribution in [2.75, 3.05) is 0 Å². The van der Waals surface area contributed by atoms with E-state index < -0.39 is 10.0 Å². The molecule has 0 aliphatic carbocycles. The molecule has 0 amide bonds. The Labute approximate surface area is 141 Å². The molecule has 0 spiro atoms. The van der Waals surface area contributed by atoms with Gasteiger partial charge in [-0.25, -0.2) is 23.1 Å². The molecule has 1 N–H and O–H groups in total. The highest BCUT2D eigenvalue weighted by Crippen LogP contribution is 2.20. The Bertz CT molecular complexity index is 1020. The Kier molecular flexibility index (Phi) is 4.15. The zero-order chi connectivity index (χ0) is 17.5. The van der Waals surface area contributed by atoms with Crippen LogP contribution in [0, 0.1) is 20.8 Å². The first-order chi connectivity index (χ1) is 11.3. The van der Waals surface area contributed by atoms with Gasteiger partial charge < -0.3 is 4.57 Å². The molecular formula is C17H20N4O2S. The van der Waals surface area contributed by atoms with E-state index >= 15 is 0 Å². The second-order valence-electron chi connectivity index (χ2n) is 5.96. The largest absolute Gasteiger partial charge is 0.315 e. The standard InChI is InChI=1S/C17H20N4O2S/c1-11-8-13(3)15(9-12(11)2)24(22,23)19-10-16-20-14-6-5-7-18-17(14)21(16)4/h5-9,19H,10H2,1-4H3. The number of sulfonamides is 1. The molecule has 0 bridgehead atoms. The van der Waals surface area contributed by atoms with Gasteiger partial charge in [0.15, 0.2) is 5.65 Å². The fraction of sp³-hybridized carbons (Fsp3) is 0.294. The zero-order valence-electron chi connectivity index (χ0n) is 14.2. The van der Waals surface area contributed by atoms with Crippen molar-refractivity contribution in [2.45, 2.75) is 32.2 Å². The molecule has 0 unspecified atom stereocenters. The fourth-order valence-electron chi connectivity index (χ4n) is 2.69. The molecule has 0 atom stereocenters. The lowest BCUT2D eigenvalue weighted by Crippen LogP contribution is -2.25. The number of aryl methyl sites for hydroxylation is 4.